The van der Waals surface area contributed by atoms with Crippen LogP contribution in [0.25, 0.3) is 0 Å². The topological polar surface area (TPSA) is 18.5 Å². The molecule has 0 spiro atoms. The summed E-state index contributed by atoms with van der Waals surface area (Å²) in [5.41, 5.74) is 0. The van der Waals surface area contributed by atoms with Crippen molar-refractivity contribution in [3.05, 3.63) is 24.3 Å². The first-order valence-corrected chi connectivity index (χ1v) is 5.08. The van der Waals surface area contributed by atoms with Crippen LogP contribution in [0.3, 0.4) is 0 Å². The molecule has 1 aromatic rings. The van der Waals surface area contributed by atoms with Gasteiger partial charge in [0.1, 0.15) is 0 Å². The highest BCUT2D eigenvalue weighted by atomic mass is 16.5. The predicted molar refractivity (Wildman–Crippen MR) is 56.8 cm³/mol. The monoisotopic (exact) mass is 193 g/mol. The van der Waals surface area contributed by atoms with Gasteiger partial charge in [0, 0.05) is 6.07 Å². The van der Waals surface area contributed by atoms with Crippen LogP contribution in [0.2, 0.25) is 0 Å². The van der Waals surface area contributed by atoms with E-state index >= 15 is 0 Å². The first-order valence-electron chi connectivity index (χ1n) is 5.08. The quantitative estimate of drug-likeness (QED) is 0.715. The lowest BCUT2D eigenvalue weighted by Gasteiger charge is -2.15. The average molecular weight is 193 g/mol. The van der Waals surface area contributed by atoms with Crippen LogP contribution in [0.5, 0.6) is 11.5 Å². The molecule has 0 aliphatic carbocycles. The Morgan fingerprint density at radius 1 is 1.43 bits per heavy atom. The lowest BCUT2D eigenvalue weighted by molar-refractivity contribution is 0.202. The van der Waals surface area contributed by atoms with E-state index in [-0.39, 0.29) is 6.10 Å². The van der Waals surface area contributed by atoms with E-state index in [0.29, 0.717) is 12.4 Å². The third kappa shape index (κ3) is 2.95. The van der Waals surface area contributed by atoms with Crippen LogP contribution in [0, 0.1) is 6.07 Å². The van der Waals surface area contributed by atoms with Crippen molar-refractivity contribution in [3.63, 3.8) is 0 Å². The fourth-order valence-electron chi connectivity index (χ4n) is 1.05. The van der Waals surface area contributed by atoms with Crippen LogP contribution in [0.1, 0.15) is 27.2 Å². The summed E-state index contributed by atoms with van der Waals surface area (Å²) in [5.74, 6) is 1.49. The van der Waals surface area contributed by atoms with Crippen molar-refractivity contribution >= 4 is 0 Å². The van der Waals surface area contributed by atoms with Crippen molar-refractivity contribution in [2.75, 3.05) is 6.61 Å². The third-order valence-electron chi connectivity index (χ3n) is 1.98. The van der Waals surface area contributed by atoms with E-state index in [0.717, 1.165) is 12.2 Å². The molecule has 0 amide bonds. The molecular formula is C12H17O2. The SMILES string of the molecule is CCOc1ccc[c]c1OC(C)CC. The summed E-state index contributed by atoms with van der Waals surface area (Å²) in [5, 5.41) is 0. The van der Waals surface area contributed by atoms with Gasteiger partial charge in [0.15, 0.2) is 11.5 Å². The van der Waals surface area contributed by atoms with Crippen molar-refractivity contribution < 1.29 is 9.47 Å². The minimum absolute atomic E-state index is 0.202. The summed E-state index contributed by atoms with van der Waals surface area (Å²) in [6, 6.07) is 8.67. The average Bonchev–Trinajstić information content (AvgIpc) is 2.21. The molecule has 77 valence electrons. The molecular weight excluding hydrogens is 176 g/mol. The van der Waals surface area contributed by atoms with Crippen molar-refractivity contribution in [2.24, 2.45) is 0 Å². The van der Waals surface area contributed by atoms with Crippen LogP contribution in [0.4, 0.5) is 0 Å². The van der Waals surface area contributed by atoms with Crippen LogP contribution < -0.4 is 9.47 Å². The smallest absolute Gasteiger partial charge is 0.169 e. The van der Waals surface area contributed by atoms with E-state index in [9.17, 15) is 0 Å². The molecule has 1 unspecified atom stereocenters. The van der Waals surface area contributed by atoms with Gasteiger partial charge < -0.3 is 9.47 Å². The predicted octanol–water partition coefficient (Wildman–Crippen LogP) is 3.06. The maximum absolute atomic E-state index is 5.67. The third-order valence-corrected chi connectivity index (χ3v) is 1.98. The molecule has 2 nitrogen and oxygen atoms in total. The zero-order valence-electron chi connectivity index (χ0n) is 9.04. The van der Waals surface area contributed by atoms with E-state index in [2.05, 4.69) is 13.0 Å². The van der Waals surface area contributed by atoms with E-state index in [1.54, 1.807) is 0 Å². The highest BCUT2D eigenvalue weighted by Crippen LogP contribution is 2.26. The normalized spacial score (nSPS) is 12.2. The summed E-state index contributed by atoms with van der Waals surface area (Å²) in [7, 11) is 0. The minimum Gasteiger partial charge on any atom is -0.490 e. The van der Waals surface area contributed by atoms with Gasteiger partial charge >= 0.3 is 0 Å². The van der Waals surface area contributed by atoms with Crippen LogP contribution >= 0.6 is 0 Å². The molecule has 0 fully saturated rings. The van der Waals surface area contributed by atoms with Gasteiger partial charge in [0.05, 0.1) is 12.7 Å². The molecule has 0 heterocycles. The summed E-state index contributed by atoms with van der Waals surface area (Å²) in [4.78, 5) is 0. The van der Waals surface area contributed by atoms with Crippen molar-refractivity contribution in [3.8, 4) is 11.5 Å². The molecule has 0 aromatic heterocycles. The second kappa shape index (κ2) is 5.53. The molecule has 0 aliphatic heterocycles. The minimum atomic E-state index is 0.202. The molecule has 0 bridgehead atoms. The van der Waals surface area contributed by atoms with Gasteiger partial charge in [-0.1, -0.05) is 19.1 Å². The summed E-state index contributed by atoms with van der Waals surface area (Å²) in [6.07, 6.45) is 1.18. The first kappa shape index (κ1) is 10.9. The van der Waals surface area contributed by atoms with Gasteiger partial charge in [0.2, 0.25) is 0 Å². The fourth-order valence-corrected chi connectivity index (χ4v) is 1.05. The highest BCUT2D eigenvalue weighted by molar-refractivity contribution is 5.38. The maximum atomic E-state index is 5.67. The van der Waals surface area contributed by atoms with E-state index in [4.69, 9.17) is 9.47 Å². The molecule has 1 rings (SSSR count). The lowest BCUT2D eigenvalue weighted by atomic mass is 10.3. The number of para-hydroxylation sites is 1. The standard InChI is InChI=1S/C12H17O2/c1-4-10(3)14-12-9-7-6-8-11(12)13-5-2/h6-8,10H,4-5H2,1-3H3. The molecule has 1 radical (unpaired) electrons. The van der Waals surface area contributed by atoms with E-state index in [1.807, 2.05) is 32.0 Å². The number of benzene rings is 1. The Kier molecular flexibility index (Phi) is 4.30. The van der Waals surface area contributed by atoms with Gasteiger partial charge in [-0.3, -0.25) is 0 Å². The Labute approximate surface area is 85.8 Å². The Morgan fingerprint density at radius 2 is 2.21 bits per heavy atom. The zero-order chi connectivity index (χ0) is 10.4. The van der Waals surface area contributed by atoms with Crippen LogP contribution in [-0.4, -0.2) is 12.7 Å². The second-order valence-electron chi connectivity index (χ2n) is 3.13. The molecule has 2 heteroatoms. The van der Waals surface area contributed by atoms with Crippen molar-refractivity contribution in [2.45, 2.75) is 33.3 Å². The first-order chi connectivity index (χ1) is 6.77. The van der Waals surface area contributed by atoms with E-state index < -0.39 is 0 Å². The molecule has 0 aliphatic rings. The van der Waals surface area contributed by atoms with Crippen LogP contribution in [0.15, 0.2) is 18.2 Å². The van der Waals surface area contributed by atoms with Gasteiger partial charge in [-0.2, -0.15) is 0 Å². The van der Waals surface area contributed by atoms with Crippen LogP contribution in [-0.2, 0) is 0 Å². The molecule has 0 saturated heterocycles. The van der Waals surface area contributed by atoms with Crippen molar-refractivity contribution in [1.29, 1.82) is 0 Å². The lowest BCUT2D eigenvalue weighted by Crippen LogP contribution is -2.10. The Morgan fingerprint density at radius 3 is 2.86 bits per heavy atom. The molecule has 1 aromatic carbocycles. The number of hydrogen-bond acceptors (Lipinski definition) is 2. The van der Waals surface area contributed by atoms with Gasteiger partial charge in [-0.25, -0.2) is 0 Å². The largest absolute Gasteiger partial charge is 0.490 e. The van der Waals surface area contributed by atoms with Crippen molar-refractivity contribution in [1.82, 2.24) is 0 Å². The second-order valence-corrected chi connectivity index (χ2v) is 3.13. The van der Waals surface area contributed by atoms with Gasteiger partial charge in [0.25, 0.3) is 0 Å². The summed E-state index contributed by atoms with van der Waals surface area (Å²) < 4.78 is 11.1. The molecule has 0 saturated carbocycles. The highest BCUT2D eigenvalue weighted by Gasteiger charge is 2.06. The Bertz CT molecular complexity index is 271. The number of rotatable bonds is 5. The fraction of sp³-hybridized carbons (Fsp3) is 0.500. The zero-order valence-corrected chi connectivity index (χ0v) is 9.04. The van der Waals surface area contributed by atoms with Gasteiger partial charge in [-0.05, 0) is 26.3 Å². The molecule has 1 atom stereocenters. The summed E-state index contributed by atoms with van der Waals surface area (Å²) >= 11 is 0. The van der Waals surface area contributed by atoms with E-state index in [1.165, 1.54) is 0 Å². The molecule has 0 N–H and O–H groups in total. The maximum Gasteiger partial charge on any atom is 0.169 e. The van der Waals surface area contributed by atoms with Gasteiger partial charge in [-0.15, -0.1) is 0 Å². The summed E-state index contributed by atoms with van der Waals surface area (Å²) in [6.45, 7) is 6.74. The Hall–Kier alpha value is -1.18. The number of hydrogen-bond donors (Lipinski definition) is 0. The Balaban J connectivity index is 2.73. The number of ether oxygens (including phenoxy) is 2. The molecule has 14 heavy (non-hydrogen) atoms.